The molecule has 44 heavy (non-hydrogen) atoms. The van der Waals surface area contributed by atoms with Crippen molar-refractivity contribution in [2.24, 2.45) is 0 Å². The van der Waals surface area contributed by atoms with Crippen LogP contribution in [0.5, 0.6) is 11.5 Å². The van der Waals surface area contributed by atoms with Gasteiger partial charge in [0.2, 0.25) is 0 Å². The Hall–Kier alpha value is -5.90. The zero-order valence-corrected chi connectivity index (χ0v) is 23.7. The van der Waals surface area contributed by atoms with E-state index in [4.69, 9.17) is 9.47 Å². The van der Waals surface area contributed by atoms with E-state index in [1.807, 2.05) is 0 Å². The van der Waals surface area contributed by atoms with Crippen LogP contribution in [0, 0.1) is 0 Å². The highest BCUT2D eigenvalue weighted by molar-refractivity contribution is 6.22. The van der Waals surface area contributed by atoms with Gasteiger partial charge in [0.15, 0.2) is 0 Å². The summed E-state index contributed by atoms with van der Waals surface area (Å²) >= 11 is 0. The van der Waals surface area contributed by atoms with Crippen LogP contribution in [-0.4, -0.2) is 58.5 Å². The molecule has 0 radical (unpaired) electrons. The minimum Gasteiger partial charge on any atom is -0.423 e. The van der Waals surface area contributed by atoms with Gasteiger partial charge in [-0.25, -0.2) is 9.59 Å². The first-order valence-electron chi connectivity index (χ1n) is 13.9. The third-order valence-corrected chi connectivity index (χ3v) is 7.51. The van der Waals surface area contributed by atoms with Gasteiger partial charge in [0, 0.05) is 13.1 Å². The Labute approximate surface area is 251 Å². The Morgan fingerprint density at radius 3 is 1.18 bits per heavy atom. The van der Waals surface area contributed by atoms with Crippen LogP contribution >= 0.6 is 0 Å². The summed E-state index contributed by atoms with van der Waals surface area (Å²) in [6, 6.07) is 22.1. The number of fused-ring (bicyclic) bond motifs is 2. The minimum atomic E-state index is -0.663. The molecular weight excluding hydrogens is 564 g/mol. The van der Waals surface area contributed by atoms with E-state index >= 15 is 0 Å². The quantitative estimate of drug-likeness (QED) is 0.167. The van der Waals surface area contributed by atoms with Crippen LogP contribution in [0.3, 0.4) is 0 Å². The summed E-state index contributed by atoms with van der Waals surface area (Å²) in [6.45, 7) is 3.90. The molecule has 2 aliphatic rings. The summed E-state index contributed by atoms with van der Waals surface area (Å²) in [7, 11) is 0. The van der Waals surface area contributed by atoms with Crippen LogP contribution in [0.25, 0.3) is 11.1 Å². The van der Waals surface area contributed by atoms with E-state index in [0.717, 1.165) is 20.9 Å². The smallest absolute Gasteiger partial charge is 0.343 e. The molecule has 10 nitrogen and oxygen atoms in total. The van der Waals surface area contributed by atoms with Gasteiger partial charge >= 0.3 is 11.9 Å². The number of carbonyl (C=O) groups is 6. The molecule has 0 spiro atoms. The zero-order valence-electron chi connectivity index (χ0n) is 23.7. The van der Waals surface area contributed by atoms with Gasteiger partial charge in [0.1, 0.15) is 11.5 Å². The third kappa shape index (κ3) is 4.82. The Kier molecular flexibility index (Phi) is 7.10. The summed E-state index contributed by atoms with van der Waals surface area (Å²) in [4.78, 5) is 77.3. The van der Waals surface area contributed by atoms with Crippen LogP contribution in [-0.2, 0) is 0 Å². The highest BCUT2D eigenvalue weighted by atomic mass is 16.5. The minimum absolute atomic E-state index is 0.153. The first kappa shape index (κ1) is 28.2. The number of imide groups is 2. The van der Waals surface area contributed by atoms with Crippen LogP contribution in [0.1, 0.15) is 76.0 Å². The van der Waals surface area contributed by atoms with Gasteiger partial charge in [-0.1, -0.05) is 24.3 Å². The van der Waals surface area contributed by atoms with Gasteiger partial charge in [0.05, 0.1) is 33.4 Å². The van der Waals surface area contributed by atoms with Crippen molar-refractivity contribution < 1.29 is 38.2 Å². The average molecular weight is 589 g/mol. The van der Waals surface area contributed by atoms with E-state index in [9.17, 15) is 28.8 Å². The Bertz CT molecular complexity index is 1750. The second kappa shape index (κ2) is 11.1. The number of carbonyl (C=O) groups excluding carboxylic acids is 6. The van der Waals surface area contributed by atoms with E-state index in [1.165, 1.54) is 36.4 Å². The third-order valence-electron chi connectivity index (χ3n) is 7.51. The van der Waals surface area contributed by atoms with Gasteiger partial charge < -0.3 is 9.47 Å². The number of amides is 4. The number of nitrogens with zero attached hydrogens (tertiary/aromatic N) is 2. The Balaban J connectivity index is 1.10. The molecule has 0 aromatic heterocycles. The van der Waals surface area contributed by atoms with E-state index in [0.29, 0.717) is 11.5 Å². The maximum Gasteiger partial charge on any atom is 0.343 e. The van der Waals surface area contributed by atoms with Crippen molar-refractivity contribution in [2.75, 3.05) is 13.1 Å². The molecule has 0 atom stereocenters. The number of ether oxygens (including phenoxy) is 2. The van der Waals surface area contributed by atoms with Crippen molar-refractivity contribution in [2.45, 2.75) is 13.8 Å². The second-order valence-corrected chi connectivity index (χ2v) is 10.1. The predicted octanol–water partition coefficient (Wildman–Crippen LogP) is 5.02. The number of esters is 2. The second-order valence-electron chi connectivity index (χ2n) is 10.1. The maximum absolute atomic E-state index is 12.7. The van der Waals surface area contributed by atoms with Gasteiger partial charge in [0.25, 0.3) is 23.6 Å². The monoisotopic (exact) mass is 588 g/mol. The molecule has 2 aliphatic heterocycles. The van der Waals surface area contributed by atoms with E-state index < -0.39 is 23.8 Å². The fraction of sp³-hybridized carbons (Fsp3) is 0.118. The molecule has 4 aromatic rings. The first-order valence-corrected chi connectivity index (χ1v) is 13.9. The molecule has 0 aliphatic carbocycles. The van der Waals surface area contributed by atoms with E-state index in [-0.39, 0.29) is 58.3 Å². The summed E-state index contributed by atoms with van der Waals surface area (Å²) in [5.74, 6) is -2.38. The zero-order chi connectivity index (χ0) is 31.1. The topological polar surface area (TPSA) is 127 Å². The summed E-state index contributed by atoms with van der Waals surface area (Å²) in [6.07, 6.45) is 0. The average Bonchev–Trinajstić information content (AvgIpc) is 3.43. The molecule has 0 bridgehead atoms. The fourth-order valence-electron chi connectivity index (χ4n) is 5.17. The van der Waals surface area contributed by atoms with E-state index in [1.54, 1.807) is 62.4 Å². The van der Waals surface area contributed by atoms with Gasteiger partial charge in [-0.3, -0.25) is 29.0 Å². The molecule has 6 rings (SSSR count). The lowest BCUT2D eigenvalue weighted by atomic mass is 10.0. The first-order chi connectivity index (χ1) is 21.2. The molecular formula is C34H24N2O8. The number of rotatable bonds is 7. The highest BCUT2D eigenvalue weighted by Gasteiger charge is 2.36. The lowest BCUT2D eigenvalue weighted by Crippen LogP contribution is -2.29. The van der Waals surface area contributed by atoms with Gasteiger partial charge in [-0.15, -0.1) is 0 Å². The van der Waals surface area contributed by atoms with Crippen LogP contribution < -0.4 is 9.47 Å². The van der Waals surface area contributed by atoms with Crippen molar-refractivity contribution in [3.05, 3.63) is 118 Å². The van der Waals surface area contributed by atoms with Gasteiger partial charge in [-0.05, 0) is 85.6 Å². The Morgan fingerprint density at radius 2 is 0.841 bits per heavy atom. The highest BCUT2D eigenvalue weighted by Crippen LogP contribution is 2.28. The van der Waals surface area contributed by atoms with Crippen LogP contribution in [0.4, 0.5) is 0 Å². The molecule has 0 saturated heterocycles. The van der Waals surface area contributed by atoms with Crippen LogP contribution in [0.15, 0.2) is 84.9 Å². The standard InChI is InChI=1S/C34H24N2O8/c1-3-35-29(37)25-15-9-21(17-27(25)31(35)39)33(41)43-23-11-5-19(6-12-23)20-7-13-24(14-8-20)44-34(42)22-10-16-26-28(18-22)32(40)36(4-2)30(26)38/h5-18H,3-4H2,1-2H3. The Morgan fingerprint density at radius 1 is 0.500 bits per heavy atom. The molecule has 0 fully saturated rings. The molecule has 0 N–H and O–H groups in total. The number of benzene rings is 4. The molecule has 0 unspecified atom stereocenters. The normalized spacial score (nSPS) is 13.7. The van der Waals surface area contributed by atoms with Crippen molar-refractivity contribution in [3.63, 3.8) is 0 Å². The lowest BCUT2D eigenvalue weighted by Gasteiger charge is -2.09. The molecule has 4 aromatic carbocycles. The molecule has 0 saturated carbocycles. The lowest BCUT2D eigenvalue weighted by molar-refractivity contribution is 0.0647. The van der Waals surface area contributed by atoms with Crippen molar-refractivity contribution in [1.82, 2.24) is 9.80 Å². The summed E-state index contributed by atoms with van der Waals surface area (Å²) in [5.41, 5.74) is 2.81. The van der Waals surface area contributed by atoms with Gasteiger partial charge in [-0.2, -0.15) is 0 Å². The van der Waals surface area contributed by atoms with Crippen molar-refractivity contribution >= 4 is 35.6 Å². The maximum atomic E-state index is 12.7. The summed E-state index contributed by atoms with van der Waals surface area (Å²) in [5, 5.41) is 0. The fourth-order valence-corrected chi connectivity index (χ4v) is 5.17. The van der Waals surface area contributed by atoms with Crippen LogP contribution in [0.2, 0.25) is 0 Å². The number of hydrogen-bond donors (Lipinski definition) is 0. The molecule has 10 heteroatoms. The predicted molar refractivity (Wildman–Crippen MR) is 157 cm³/mol. The SMILES string of the molecule is CCN1C(=O)c2ccc(C(=O)Oc3ccc(-c4ccc(OC(=O)c5ccc6c(c5)C(=O)N(CC)C6=O)cc4)cc3)cc2C1=O. The van der Waals surface area contributed by atoms with E-state index in [2.05, 4.69) is 0 Å². The summed E-state index contributed by atoms with van der Waals surface area (Å²) < 4.78 is 11.0. The van der Waals surface area contributed by atoms with Crippen molar-refractivity contribution in [3.8, 4) is 22.6 Å². The molecule has 218 valence electrons. The van der Waals surface area contributed by atoms with Crippen molar-refractivity contribution in [1.29, 1.82) is 0 Å². The largest absolute Gasteiger partial charge is 0.423 e. The molecule has 2 heterocycles. The number of hydrogen-bond acceptors (Lipinski definition) is 8. The molecule has 4 amide bonds.